The van der Waals surface area contributed by atoms with E-state index in [0.29, 0.717) is 0 Å². The molecule has 0 atom stereocenters. The molecule has 0 heterocycles. The zero-order chi connectivity index (χ0) is 15.6. The highest BCUT2D eigenvalue weighted by atomic mass is 28.3. The molecule has 0 aliphatic carbocycles. The van der Waals surface area contributed by atoms with Gasteiger partial charge in [-0.1, -0.05) is 61.2 Å². The molecule has 0 N–H and O–H groups in total. The summed E-state index contributed by atoms with van der Waals surface area (Å²) in [4.78, 5) is 14.6. The van der Waals surface area contributed by atoms with Crippen molar-refractivity contribution in [2.24, 2.45) is 0 Å². The van der Waals surface area contributed by atoms with Gasteiger partial charge in [0.1, 0.15) is 0 Å². The van der Waals surface area contributed by atoms with Gasteiger partial charge in [-0.2, -0.15) is 0 Å². The van der Waals surface area contributed by atoms with Gasteiger partial charge in [-0.05, 0) is 12.1 Å². The maximum Gasteiger partial charge on any atom is 0.193 e. The van der Waals surface area contributed by atoms with Crippen molar-refractivity contribution in [2.75, 3.05) is 19.0 Å². The number of carbonyl (C=O) groups excluding carboxylic acids is 1. The van der Waals surface area contributed by atoms with E-state index in [1.165, 1.54) is 5.19 Å². The van der Waals surface area contributed by atoms with Crippen LogP contribution >= 0.6 is 0 Å². The lowest BCUT2D eigenvalue weighted by Crippen LogP contribution is -2.37. The van der Waals surface area contributed by atoms with Gasteiger partial charge in [0.05, 0.1) is 8.07 Å². The molecule has 2 aromatic carbocycles. The SMILES string of the molecule is CN(C)c1cccc(C(=O)c2ccc([Si](C)(C)C)cc2)c1. The van der Waals surface area contributed by atoms with E-state index in [9.17, 15) is 4.79 Å². The number of ketones is 1. The lowest BCUT2D eigenvalue weighted by atomic mass is 10.0. The average molecular weight is 297 g/mol. The van der Waals surface area contributed by atoms with Crippen molar-refractivity contribution in [3.63, 3.8) is 0 Å². The van der Waals surface area contributed by atoms with Crippen LogP contribution in [0.25, 0.3) is 0 Å². The van der Waals surface area contributed by atoms with E-state index in [4.69, 9.17) is 0 Å². The first-order valence-corrected chi connectivity index (χ1v) is 10.7. The summed E-state index contributed by atoms with van der Waals surface area (Å²) in [5.41, 5.74) is 2.54. The van der Waals surface area contributed by atoms with E-state index in [2.05, 4.69) is 31.8 Å². The number of nitrogens with zero attached hydrogens (tertiary/aromatic N) is 1. The van der Waals surface area contributed by atoms with Crippen LogP contribution < -0.4 is 10.1 Å². The lowest BCUT2D eigenvalue weighted by Gasteiger charge is -2.17. The normalized spacial score (nSPS) is 11.3. The van der Waals surface area contributed by atoms with Crippen LogP contribution in [0, 0.1) is 0 Å². The molecule has 0 unspecified atom stereocenters. The second-order valence-corrected chi connectivity index (χ2v) is 11.7. The van der Waals surface area contributed by atoms with Crippen molar-refractivity contribution in [1.29, 1.82) is 0 Å². The van der Waals surface area contributed by atoms with Gasteiger partial charge < -0.3 is 4.90 Å². The summed E-state index contributed by atoms with van der Waals surface area (Å²) in [6.07, 6.45) is 0. The summed E-state index contributed by atoms with van der Waals surface area (Å²) in [6, 6.07) is 15.9. The fourth-order valence-corrected chi connectivity index (χ4v) is 3.38. The van der Waals surface area contributed by atoms with Gasteiger partial charge in [0.2, 0.25) is 0 Å². The summed E-state index contributed by atoms with van der Waals surface area (Å²) >= 11 is 0. The van der Waals surface area contributed by atoms with Gasteiger partial charge in [0.25, 0.3) is 0 Å². The zero-order valence-electron chi connectivity index (χ0n) is 13.5. The predicted octanol–water partition coefficient (Wildman–Crippen LogP) is 3.53. The minimum atomic E-state index is -1.31. The van der Waals surface area contributed by atoms with Crippen molar-refractivity contribution in [2.45, 2.75) is 19.6 Å². The van der Waals surface area contributed by atoms with Crippen LogP contribution in [-0.4, -0.2) is 28.0 Å². The molecule has 2 aromatic rings. The van der Waals surface area contributed by atoms with Crippen molar-refractivity contribution in [1.82, 2.24) is 0 Å². The smallest absolute Gasteiger partial charge is 0.193 e. The van der Waals surface area contributed by atoms with Crippen LogP contribution in [0.3, 0.4) is 0 Å². The molecule has 0 fully saturated rings. The standard InChI is InChI=1S/C18H23NOSi/c1-19(2)16-8-6-7-15(13-16)18(20)14-9-11-17(12-10-14)21(3,4)5/h6-13H,1-5H3. The Labute approximate surface area is 128 Å². The monoisotopic (exact) mass is 297 g/mol. The van der Waals surface area contributed by atoms with E-state index < -0.39 is 8.07 Å². The maximum atomic E-state index is 12.6. The van der Waals surface area contributed by atoms with Gasteiger partial charge in [0, 0.05) is 30.9 Å². The van der Waals surface area contributed by atoms with Crippen LogP contribution in [-0.2, 0) is 0 Å². The highest BCUT2D eigenvalue weighted by Crippen LogP contribution is 2.17. The van der Waals surface area contributed by atoms with Crippen LogP contribution in [0.1, 0.15) is 15.9 Å². The molecular formula is C18H23NOSi. The van der Waals surface area contributed by atoms with Crippen molar-refractivity contribution < 1.29 is 4.79 Å². The minimum absolute atomic E-state index is 0.0841. The third kappa shape index (κ3) is 3.61. The zero-order valence-corrected chi connectivity index (χ0v) is 14.5. The number of hydrogen-bond donors (Lipinski definition) is 0. The molecule has 0 bridgehead atoms. The van der Waals surface area contributed by atoms with Crippen LogP contribution in [0.4, 0.5) is 5.69 Å². The molecule has 0 saturated heterocycles. The molecule has 0 amide bonds. The van der Waals surface area contributed by atoms with Gasteiger partial charge in [-0.25, -0.2) is 0 Å². The summed E-state index contributed by atoms with van der Waals surface area (Å²) in [6.45, 7) is 6.93. The summed E-state index contributed by atoms with van der Waals surface area (Å²) in [7, 11) is 2.64. The van der Waals surface area contributed by atoms with Crippen molar-refractivity contribution in [3.05, 3.63) is 59.7 Å². The number of carbonyl (C=O) groups is 1. The molecule has 2 nitrogen and oxygen atoms in total. The van der Waals surface area contributed by atoms with Gasteiger partial charge in [-0.3, -0.25) is 4.79 Å². The fraction of sp³-hybridized carbons (Fsp3) is 0.278. The highest BCUT2D eigenvalue weighted by Gasteiger charge is 2.17. The molecule has 0 aromatic heterocycles. The Morgan fingerprint density at radius 3 is 2.05 bits per heavy atom. The van der Waals surface area contributed by atoms with Crippen molar-refractivity contribution in [3.8, 4) is 0 Å². The molecule has 0 radical (unpaired) electrons. The third-order valence-electron chi connectivity index (χ3n) is 3.64. The third-order valence-corrected chi connectivity index (χ3v) is 5.70. The van der Waals surface area contributed by atoms with E-state index in [-0.39, 0.29) is 5.78 Å². The summed E-state index contributed by atoms with van der Waals surface area (Å²) < 4.78 is 0. The van der Waals surface area contributed by atoms with Crippen LogP contribution in [0.5, 0.6) is 0 Å². The largest absolute Gasteiger partial charge is 0.378 e. The summed E-state index contributed by atoms with van der Waals surface area (Å²) in [5.74, 6) is 0.0841. The maximum absolute atomic E-state index is 12.6. The Balaban J connectivity index is 2.30. The van der Waals surface area contributed by atoms with Crippen LogP contribution in [0.2, 0.25) is 19.6 Å². The molecule has 0 aliphatic heterocycles. The average Bonchev–Trinajstić information content (AvgIpc) is 2.46. The van der Waals surface area contributed by atoms with E-state index in [1.54, 1.807) is 0 Å². The lowest BCUT2D eigenvalue weighted by molar-refractivity contribution is 0.103. The second kappa shape index (κ2) is 5.86. The Hall–Kier alpha value is -1.87. The second-order valence-electron chi connectivity index (χ2n) is 6.60. The van der Waals surface area contributed by atoms with Crippen molar-refractivity contribution >= 4 is 24.7 Å². The first-order valence-electron chi connectivity index (χ1n) is 7.21. The highest BCUT2D eigenvalue weighted by molar-refractivity contribution is 6.88. The molecule has 21 heavy (non-hydrogen) atoms. The predicted molar refractivity (Wildman–Crippen MR) is 93.6 cm³/mol. The van der Waals surface area contributed by atoms with E-state index in [1.807, 2.05) is 55.4 Å². The van der Waals surface area contributed by atoms with Gasteiger partial charge in [0.15, 0.2) is 5.78 Å². The molecule has 0 aliphatic rings. The van der Waals surface area contributed by atoms with Gasteiger partial charge in [-0.15, -0.1) is 0 Å². The molecule has 0 saturated carbocycles. The Kier molecular flexibility index (Phi) is 4.33. The molecule has 3 heteroatoms. The van der Waals surface area contributed by atoms with Crippen LogP contribution in [0.15, 0.2) is 48.5 Å². The van der Waals surface area contributed by atoms with E-state index in [0.717, 1.165) is 16.8 Å². The Bertz CT molecular complexity index is 639. The molecule has 110 valence electrons. The van der Waals surface area contributed by atoms with E-state index >= 15 is 0 Å². The van der Waals surface area contributed by atoms with Gasteiger partial charge >= 0.3 is 0 Å². The quantitative estimate of drug-likeness (QED) is 0.635. The topological polar surface area (TPSA) is 20.3 Å². The minimum Gasteiger partial charge on any atom is -0.378 e. The Morgan fingerprint density at radius 2 is 1.52 bits per heavy atom. The number of rotatable bonds is 4. The fourth-order valence-electron chi connectivity index (χ4n) is 2.21. The number of anilines is 1. The number of benzene rings is 2. The first-order chi connectivity index (χ1) is 9.79. The molecule has 0 spiro atoms. The molecule has 2 rings (SSSR count). The first kappa shape index (κ1) is 15.5. The number of hydrogen-bond acceptors (Lipinski definition) is 2. The summed E-state index contributed by atoms with van der Waals surface area (Å²) in [5, 5.41) is 1.38. The Morgan fingerprint density at radius 1 is 0.905 bits per heavy atom. The molecular weight excluding hydrogens is 274 g/mol.